The number of nitrogens with one attached hydrogen (secondary N) is 1. The zero-order valence-corrected chi connectivity index (χ0v) is 7.81. The molecule has 0 fully saturated rings. The highest BCUT2D eigenvalue weighted by atomic mass is 32.2. The Balaban J connectivity index is 2.52. The second kappa shape index (κ2) is 2.88. The first-order valence-corrected chi connectivity index (χ1v) is 4.93. The van der Waals surface area contributed by atoms with E-state index in [1.165, 1.54) is 11.8 Å². The minimum absolute atomic E-state index is 0.0748. The number of aromatic nitrogens is 2. The molecule has 1 aliphatic rings. The number of hydrogen-bond acceptors (Lipinski definition) is 5. The standard InChI is InChI=1S/C7H8N4OS/c1-13-7-10-5(8)3-2-4(12)9-6(3)11-7/h2H2,1H3,(H3,8,9,10,11,12). The van der Waals surface area contributed by atoms with Crippen LogP contribution in [-0.4, -0.2) is 22.1 Å². The first kappa shape index (κ1) is 8.31. The van der Waals surface area contributed by atoms with Crippen LogP contribution >= 0.6 is 11.8 Å². The summed E-state index contributed by atoms with van der Waals surface area (Å²) in [7, 11) is 0. The highest BCUT2D eigenvalue weighted by molar-refractivity contribution is 7.98. The lowest BCUT2D eigenvalue weighted by Crippen LogP contribution is -2.04. The molecule has 0 unspecified atom stereocenters. The summed E-state index contributed by atoms with van der Waals surface area (Å²) in [5.74, 6) is 0.879. The van der Waals surface area contributed by atoms with E-state index in [1.807, 2.05) is 6.26 Å². The van der Waals surface area contributed by atoms with Crippen molar-refractivity contribution in [1.29, 1.82) is 0 Å². The number of hydrogen-bond donors (Lipinski definition) is 2. The third-order valence-corrected chi connectivity index (χ3v) is 2.34. The van der Waals surface area contributed by atoms with Crippen LogP contribution in [0.3, 0.4) is 0 Å². The Morgan fingerprint density at radius 3 is 3.00 bits per heavy atom. The van der Waals surface area contributed by atoms with Crippen LogP contribution in [0.1, 0.15) is 5.56 Å². The molecule has 0 radical (unpaired) electrons. The molecule has 13 heavy (non-hydrogen) atoms. The molecular weight excluding hydrogens is 188 g/mol. The number of carbonyl (C=O) groups excluding carboxylic acids is 1. The van der Waals surface area contributed by atoms with Crippen molar-refractivity contribution in [2.24, 2.45) is 0 Å². The lowest BCUT2D eigenvalue weighted by molar-refractivity contribution is -0.115. The summed E-state index contributed by atoms with van der Waals surface area (Å²) in [5.41, 5.74) is 6.36. The van der Waals surface area contributed by atoms with Crippen LogP contribution in [0.25, 0.3) is 0 Å². The Hall–Kier alpha value is -1.30. The number of amides is 1. The van der Waals surface area contributed by atoms with E-state index in [9.17, 15) is 4.79 Å². The molecule has 0 aliphatic carbocycles. The van der Waals surface area contributed by atoms with Gasteiger partial charge in [0.15, 0.2) is 5.16 Å². The number of nitrogens with zero attached hydrogens (tertiary/aromatic N) is 2. The monoisotopic (exact) mass is 196 g/mol. The van der Waals surface area contributed by atoms with Crippen molar-refractivity contribution in [3.8, 4) is 0 Å². The van der Waals surface area contributed by atoms with Gasteiger partial charge in [-0.25, -0.2) is 9.97 Å². The van der Waals surface area contributed by atoms with Crippen molar-refractivity contribution in [2.75, 3.05) is 17.3 Å². The van der Waals surface area contributed by atoms with Gasteiger partial charge in [-0.2, -0.15) is 0 Å². The fraction of sp³-hybridized carbons (Fsp3) is 0.286. The molecule has 2 rings (SSSR count). The van der Waals surface area contributed by atoms with Crippen LogP contribution in [0.2, 0.25) is 0 Å². The van der Waals surface area contributed by atoms with Gasteiger partial charge in [0.25, 0.3) is 0 Å². The second-order valence-corrected chi connectivity index (χ2v) is 3.42. The molecule has 0 spiro atoms. The van der Waals surface area contributed by atoms with Crippen molar-refractivity contribution < 1.29 is 4.79 Å². The summed E-state index contributed by atoms with van der Waals surface area (Å²) in [6.45, 7) is 0. The summed E-state index contributed by atoms with van der Waals surface area (Å²) in [6, 6.07) is 0. The molecule has 2 heterocycles. The van der Waals surface area contributed by atoms with E-state index in [0.29, 0.717) is 22.4 Å². The normalized spacial score (nSPS) is 14.1. The fourth-order valence-electron chi connectivity index (χ4n) is 1.19. The lowest BCUT2D eigenvalue weighted by atomic mass is 10.2. The summed E-state index contributed by atoms with van der Waals surface area (Å²) < 4.78 is 0. The molecule has 0 aromatic carbocycles. The van der Waals surface area contributed by atoms with Crippen molar-refractivity contribution in [3.63, 3.8) is 0 Å². The molecule has 0 saturated carbocycles. The molecule has 3 N–H and O–H groups in total. The highest BCUT2D eigenvalue weighted by Gasteiger charge is 2.22. The summed E-state index contributed by atoms with van der Waals surface area (Å²) in [4.78, 5) is 19.2. The van der Waals surface area contributed by atoms with E-state index in [-0.39, 0.29) is 12.3 Å². The minimum Gasteiger partial charge on any atom is -0.383 e. The number of rotatable bonds is 1. The van der Waals surface area contributed by atoms with E-state index >= 15 is 0 Å². The first-order valence-electron chi connectivity index (χ1n) is 3.71. The molecule has 0 saturated heterocycles. The van der Waals surface area contributed by atoms with Crippen molar-refractivity contribution >= 4 is 29.3 Å². The summed E-state index contributed by atoms with van der Waals surface area (Å²) in [5, 5.41) is 3.21. The highest BCUT2D eigenvalue weighted by Crippen LogP contribution is 2.26. The number of thioether (sulfide) groups is 1. The minimum atomic E-state index is -0.0748. The number of anilines is 2. The Morgan fingerprint density at radius 2 is 2.31 bits per heavy atom. The number of nitrogens with two attached hydrogens (primary N) is 1. The maximum Gasteiger partial charge on any atom is 0.230 e. The van der Waals surface area contributed by atoms with Crippen molar-refractivity contribution in [3.05, 3.63) is 5.56 Å². The van der Waals surface area contributed by atoms with Crippen molar-refractivity contribution in [2.45, 2.75) is 11.6 Å². The van der Waals surface area contributed by atoms with Gasteiger partial charge in [-0.3, -0.25) is 4.79 Å². The molecule has 1 aromatic heterocycles. The van der Waals surface area contributed by atoms with Gasteiger partial charge in [-0.1, -0.05) is 11.8 Å². The summed E-state index contributed by atoms with van der Waals surface area (Å²) >= 11 is 1.40. The third kappa shape index (κ3) is 1.33. The van der Waals surface area contributed by atoms with Crippen LogP contribution < -0.4 is 11.1 Å². The van der Waals surface area contributed by atoms with Gasteiger partial charge in [-0.15, -0.1) is 0 Å². The van der Waals surface area contributed by atoms with Gasteiger partial charge in [0.1, 0.15) is 11.6 Å². The SMILES string of the molecule is CSc1nc(N)c2c(n1)NC(=O)C2. The zero-order chi connectivity index (χ0) is 9.42. The molecule has 1 aromatic rings. The topological polar surface area (TPSA) is 80.9 Å². The fourth-order valence-corrected chi connectivity index (χ4v) is 1.56. The summed E-state index contributed by atoms with van der Waals surface area (Å²) in [6.07, 6.45) is 2.15. The van der Waals surface area contributed by atoms with E-state index in [2.05, 4.69) is 15.3 Å². The molecule has 1 amide bonds. The van der Waals surface area contributed by atoms with E-state index in [0.717, 1.165) is 0 Å². The average molecular weight is 196 g/mol. The maximum atomic E-state index is 11.0. The molecule has 68 valence electrons. The predicted molar refractivity (Wildman–Crippen MR) is 50.6 cm³/mol. The number of fused-ring (bicyclic) bond motifs is 1. The van der Waals surface area contributed by atoms with Crippen LogP contribution in [0, 0.1) is 0 Å². The molecule has 0 atom stereocenters. The Kier molecular flexibility index (Phi) is 1.84. The predicted octanol–water partition coefficient (Wildman–Crippen LogP) is 0.275. The van der Waals surface area contributed by atoms with Gasteiger partial charge in [0.2, 0.25) is 5.91 Å². The van der Waals surface area contributed by atoms with E-state index in [1.54, 1.807) is 0 Å². The van der Waals surface area contributed by atoms with Crippen LogP contribution in [0.5, 0.6) is 0 Å². The maximum absolute atomic E-state index is 11.0. The van der Waals surface area contributed by atoms with Gasteiger partial charge in [0.05, 0.1) is 6.42 Å². The Labute approximate surface area is 79.1 Å². The Bertz CT molecular complexity index is 379. The molecule has 1 aliphatic heterocycles. The smallest absolute Gasteiger partial charge is 0.230 e. The second-order valence-electron chi connectivity index (χ2n) is 2.65. The van der Waals surface area contributed by atoms with Gasteiger partial charge >= 0.3 is 0 Å². The van der Waals surface area contributed by atoms with Gasteiger partial charge in [0, 0.05) is 5.56 Å². The number of carbonyl (C=O) groups is 1. The van der Waals surface area contributed by atoms with Gasteiger partial charge < -0.3 is 11.1 Å². The van der Waals surface area contributed by atoms with Crippen LogP contribution in [-0.2, 0) is 11.2 Å². The molecule has 6 heteroatoms. The van der Waals surface area contributed by atoms with Crippen LogP contribution in [0.15, 0.2) is 5.16 Å². The molecular formula is C7H8N4OS. The number of nitrogen functional groups attached to an aromatic ring is 1. The van der Waals surface area contributed by atoms with Gasteiger partial charge in [-0.05, 0) is 6.26 Å². The zero-order valence-electron chi connectivity index (χ0n) is 7.00. The quantitative estimate of drug-likeness (QED) is 0.498. The van der Waals surface area contributed by atoms with E-state index in [4.69, 9.17) is 5.73 Å². The molecule has 5 nitrogen and oxygen atoms in total. The molecule has 0 bridgehead atoms. The third-order valence-electron chi connectivity index (χ3n) is 1.80. The van der Waals surface area contributed by atoms with E-state index < -0.39 is 0 Å². The van der Waals surface area contributed by atoms with Crippen LogP contribution in [0.4, 0.5) is 11.6 Å². The largest absolute Gasteiger partial charge is 0.383 e. The first-order chi connectivity index (χ1) is 6.20. The van der Waals surface area contributed by atoms with Crippen molar-refractivity contribution in [1.82, 2.24) is 9.97 Å². The lowest BCUT2D eigenvalue weighted by Gasteiger charge is -2.02. The average Bonchev–Trinajstić information content (AvgIpc) is 2.46. The Morgan fingerprint density at radius 1 is 1.54 bits per heavy atom.